The van der Waals surface area contributed by atoms with Crippen molar-refractivity contribution in [2.24, 2.45) is 0 Å². The van der Waals surface area contributed by atoms with E-state index in [-0.39, 0.29) is 4.90 Å². The molecule has 0 aliphatic carbocycles. The first-order valence-corrected chi connectivity index (χ1v) is 11.5. The van der Waals surface area contributed by atoms with Crippen LogP contribution < -0.4 is 15.4 Å². The second kappa shape index (κ2) is 9.04. The maximum Gasteiger partial charge on any atom is 0.263 e. The first-order valence-electron chi connectivity index (χ1n) is 9.19. The van der Waals surface area contributed by atoms with Gasteiger partial charge in [-0.25, -0.2) is 8.42 Å². The Labute approximate surface area is 187 Å². The highest BCUT2D eigenvalue weighted by Gasteiger charge is 2.20. The van der Waals surface area contributed by atoms with Crippen LogP contribution in [-0.4, -0.2) is 13.5 Å². The molecule has 0 saturated carbocycles. The van der Waals surface area contributed by atoms with Crippen molar-refractivity contribution in [3.05, 3.63) is 82.4 Å². The molecule has 30 heavy (non-hydrogen) atoms. The van der Waals surface area contributed by atoms with Gasteiger partial charge in [-0.1, -0.05) is 35.9 Å². The van der Waals surface area contributed by atoms with E-state index < -0.39 is 10.0 Å². The second-order valence-corrected chi connectivity index (χ2v) is 9.45. The Balaban J connectivity index is 1.87. The summed E-state index contributed by atoms with van der Waals surface area (Å²) in [7, 11) is -3.86. The van der Waals surface area contributed by atoms with Crippen molar-refractivity contribution in [1.29, 1.82) is 0 Å². The van der Waals surface area contributed by atoms with Crippen molar-refractivity contribution in [2.45, 2.75) is 25.7 Å². The topological polar surface area (TPSA) is 70.2 Å². The molecule has 156 valence electrons. The summed E-state index contributed by atoms with van der Waals surface area (Å²) >= 11 is 11.3. The van der Waals surface area contributed by atoms with E-state index in [1.807, 2.05) is 45.0 Å². The number of hydrogen-bond donors (Lipinski definition) is 3. The number of rotatable bonds is 5. The lowest BCUT2D eigenvalue weighted by Gasteiger charge is -2.18. The average Bonchev–Trinajstić information content (AvgIpc) is 2.68. The van der Waals surface area contributed by atoms with Crippen LogP contribution in [0.5, 0.6) is 0 Å². The van der Waals surface area contributed by atoms with Gasteiger partial charge in [0.1, 0.15) is 4.90 Å². The molecule has 0 fully saturated rings. The Morgan fingerprint density at radius 2 is 1.53 bits per heavy atom. The Bertz CT molecular complexity index is 1170. The van der Waals surface area contributed by atoms with Crippen LogP contribution in [0.3, 0.4) is 0 Å². The lowest BCUT2D eigenvalue weighted by molar-refractivity contribution is 0.601. The molecular weight excluding hydrogens is 438 g/mol. The van der Waals surface area contributed by atoms with E-state index in [0.717, 1.165) is 22.4 Å². The van der Waals surface area contributed by atoms with Gasteiger partial charge in [-0.05, 0) is 86.1 Å². The molecule has 3 N–H and O–H groups in total. The molecule has 5 nitrogen and oxygen atoms in total. The standard InChI is InChI=1S/C22H22ClN3O2S2/c1-14-7-12-19(24-22(29)25-21-15(2)5-4-6-16(21)3)20(13-14)30(27,28)26-18-10-8-17(23)9-11-18/h4-13,26H,1-3H3,(H2,24,25,29). The summed E-state index contributed by atoms with van der Waals surface area (Å²) in [5.41, 5.74) is 4.59. The van der Waals surface area contributed by atoms with Gasteiger partial charge in [-0.3, -0.25) is 4.72 Å². The summed E-state index contributed by atoms with van der Waals surface area (Å²) < 4.78 is 28.7. The van der Waals surface area contributed by atoms with Crippen molar-refractivity contribution in [3.8, 4) is 0 Å². The summed E-state index contributed by atoms with van der Waals surface area (Å²) in [6, 6.07) is 17.5. The van der Waals surface area contributed by atoms with Crippen LogP contribution >= 0.6 is 23.8 Å². The highest BCUT2D eigenvalue weighted by molar-refractivity contribution is 7.93. The highest BCUT2D eigenvalue weighted by Crippen LogP contribution is 2.27. The third kappa shape index (κ3) is 5.30. The molecule has 8 heteroatoms. The van der Waals surface area contributed by atoms with Crippen LogP contribution in [0.1, 0.15) is 16.7 Å². The summed E-state index contributed by atoms with van der Waals surface area (Å²) in [5, 5.41) is 7.02. The number of benzene rings is 3. The monoisotopic (exact) mass is 459 g/mol. The fraction of sp³-hybridized carbons (Fsp3) is 0.136. The number of anilines is 3. The van der Waals surface area contributed by atoms with Gasteiger partial charge < -0.3 is 10.6 Å². The van der Waals surface area contributed by atoms with Crippen LogP contribution in [0.4, 0.5) is 17.1 Å². The number of hydrogen-bond acceptors (Lipinski definition) is 3. The summed E-state index contributed by atoms with van der Waals surface area (Å²) in [5.74, 6) is 0. The molecule has 3 aromatic carbocycles. The van der Waals surface area contributed by atoms with E-state index in [9.17, 15) is 8.42 Å². The van der Waals surface area contributed by atoms with Crippen LogP contribution in [0, 0.1) is 20.8 Å². The van der Waals surface area contributed by atoms with Gasteiger partial charge in [0.2, 0.25) is 0 Å². The zero-order chi connectivity index (χ0) is 21.9. The summed E-state index contributed by atoms with van der Waals surface area (Å²) in [6.07, 6.45) is 0. The fourth-order valence-electron chi connectivity index (χ4n) is 2.96. The largest absolute Gasteiger partial charge is 0.332 e. The van der Waals surface area contributed by atoms with Gasteiger partial charge in [0.15, 0.2) is 5.11 Å². The zero-order valence-corrected chi connectivity index (χ0v) is 19.2. The Kier molecular flexibility index (Phi) is 6.65. The van der Waals surface area contributed by atoms with Gasteiger partial charge in [0.05, 0.1) is 5.69 Å². The maximum absolute atomic E-state index is 13.1. The van der Waals surface area contributed by atoms with Gasteiger partial charge in [0, 0.05) is 16.4 Å². The molecule has 3 aromatic rings. The molecule has 0 spiro atoms. The van der Waals surface area contributed by atoms with Crippen molar-refractivity contribution < 1.29 is 8.42 Å². The molecule has 0 saturated heterocycles. The minimum Gasteiger partial charge on any atom is -0.332 e. The van der Waals surface area contributed by atoms with E-state index in [4.69, 9.17) is 23.8 Å². The Morgan fingerprint density at radius 3 is 2.17 bits per heavy atom. The first-order chi connectivity index (χ1) is 14.2. The van der Waals surface area contributed by atoms with Crippen LogP contribution in [0.2, 0.25) is 5.02 Å². The van der Waals surface area contributed by atoms with Crippen molar-refractivity contribution in [1.82, 2.24) is 0 Å². The minimum absolute atomic E-state index is 0.100. The zero-order valence-electron chi connectivity index (χ0n) is 16.8. The number of nitrogens with one attached hydrogen (secondary N) is 3. The minimum atomic E-state index is -3.86. The van der Waals surface area contributed by atoms with E-state index in [2.05, 4.69) is 15.4 Å². The first kappa shape index (κ1) is 22.1. The van der Waals surface area contributed by atoms with Crippen molar-refractivity contribution in [3.63, 3.8) is 0 Å². The number of thiocarbonyl (C=S) groups is 1. The van der Waals surface area contributed by atoms with Crippen LogP contribution in [-0.2, 0) is 10.0 Å². The van der Waals surface area contributed by atoms with Crippen molar-refractivity contribution in [2.75, 3.05) is 15.4 Å². The lowest BCUT2D eigenvalue weighted by atomic mass is 10.1. The highest BCUT2D eigenvalue weighted by atomic mass is 35.5. The molecule has 0 heterocycles. The number of para-hydroxylation sites is 1. The lowest BCUT2D eigenvalue weighted by Crippen LogP contribution is -2.23. The molecule has 0 amide bonds. The normalized spacial score (nSPS) is 11.1. The molecular formula is C22H22ClN3O2S2. The maximum atomic E-state index is 13.1. The van der Waals surface area contributed by atoms with Gasteiger partial charge in [-0.15, -0.1) is 0 Å². The van der Waals surface area contributed by atoms with E-state index >= 15 is 0 Å². The molecule has 0 aromatic heterocycles. The van der Waals surface area contributed by atoms with Crippen molar-refractivity contribution >= 4 is 56.0 Å². The number of aryl methyl sites for hydroxylation is 3. The third-order valence-electron chi connectivity index (χ3n) is 4.49. The quantitative estimate of drug-likeness (QED) is 0.416. The molecule has 0 aliphatic rings. The number of sulfonamides is 1. The molecule has 0 unspecified atom stereocenters. The van der Waals surface area contributed by atoms with Gasteiger partial charge in [-0.2, -0.15) is 0 Å². The van der Waals surface area contributed by atoms with E-state index in [1.165, 1.54) is 0 Å². The van der Waals surface area contributed by atoms with Gasteiger partial charge in [0.25, 0.3) is 10.0 Å². The smallest absolute Gasteiger partial charge is 0.263 e. The Morgan fingerprint density at radius 1 is 0.900 bits per heavy atom. The predicted octanol–water partition coefficient (Wildman–Crippen LogP) is 5.87. The van der Waals surface area contributed by atoms with E-state index in [1.54, 1.807) is 36.4 Å². The molecule has 0 aliphatic heterocycles. The molecule has 0 atom stereocenters. The fourth-order valence-corrected chi connectivity index (χ4v) is 4.61. The van der Waals surface area contributed by atoms with Crippen LogP contribution in [0.15, 0.2) is 65.6 Å². The molecule has 0 bridgehead atoms. The molecule has 3 rings (SSSR count). The predicted molar refractivity (Wildman–Crippen MR) is 129 cm³/mol. The second-order valence-electron chi connectivity index (χ2n) is 6.96. The van der Waals surface area contributed by atoms with Gasteiger partial charge >= 0.3 is 0 Å². The SMILES string of the molecule is Cc1ccc(NC(=S)Nc2c(C)cccc2C)c(S(=O)(=O)Nc2ccc(Cl)cc2)c1. The Hall–Kier alpha value is -2.61. The average molecular weight is 460 g/mol. The van der Waals surface area contributed by atoms with Crippen LogP contribution in [0.25, 0.3) is 0 Å². The summed E-state index contributed by atoms with van der Waals surface area (Å²) in [6.45, 7) is 5.80. The van der Waals surface area contributed by atoms with E-state index in [0.29, 0.717) is 21.5 Å². The molecule has 0 radical (unpaired) electrons. The third-order valence-corrected chi connectivity index (χ3v) is 6.37. The number of halogens is 1. The summed E-state index contributed by atoms with van der Waals surface area (Å²) in [4.78, 5) is 0.100.